The van der Waals surface area contributed by atoms with Crippen LogP contribution in [0, 0.1) is 11.7 Å². The van der Waals surface area contributed by atoms with Crippen molar-refractivity contribution in [2.45, 2.75) is 25.9 Å². The topological polar surface area (TPSA) is 45.2 Å². The van der Waals surface area contributed by atoms with Gasteiger partial charge in [-0.15, -0.1) is 0 Å². The monoisotopic (exact) mass is 327 g/mol. The molecule has 0 spiro atoms. The van der Waals surface area contributed by atoms with E-state index in [4.69, 9.17) is 0 Å². The lowest BCUT2D eigenvalue weighted by molar-refractivity contribution is -0.126. The number of hydrogen-bond donors (Lipinski definition) is 1. The van der Waals surface area contributed by atoms with Crippen molar-refractivity contribution in [3.63, 3.8) is 0 Å². The number of rotatable bonds is 5. The van der Waals surface area contributed by atoms with Crippen LogP contribution >= 0.6 is 0 Å². The van der Waals surface area contributed by atoms with Crippen molar-refractivity contribution in [3.8, 4) is 0 Å². The number of pyridine rings is 1. The van der Waals surface area contributed by atoms with Gasteiger partial charge in [0, 0.05) is 25.2 Å². The number of piperidine rings is 1. The third-order valence-corrected chi connectivity index (χ3v) is 4.45. The number of aromatic nitrogens is 1. The second-order valence-electron chi connectivity index (χ2n) is 6.22. The van der Waals surface area contributed by atoms with Crippen LogP contribution in [0.15, 0.2) is 48.7 Å². The first-order valence-corrected chi connectivity index (χ1v) is 8.35. The van der Waals surface area contributed by atoms with E-state index in [0.717, 1.165) is 43.7 Å². The Kier molecular flexibility index (Phi) is 5.54. The molecule has 1 N–H and O–H groups in total. The van der Waals surface area contributed by atoms with E-state index in [2.05, 4.69) is 15.2 Å². The summed E-state index contributed by atoms with van der Waals surface area (Å²) in [5, 5.41) is 2.96. The molecule has 1 saturated heterocycles. The Hall–Kier alpha value is -2.27. The number of likely N-dealkylation sites (tertiary alicyclic amines) is 1. The number of benzene rings is 1. The highest BCUT2D eigenvalue weighted by Crippen LogP contribution is 2.19. The van der Waals surface area contributed by atoms with Gasteiger partial charge in [0.2, 0.25) is 5.91 Å². The van der Waals surface area contributed by atoms with Crippen LogP contribution in [0.25, 0.3) is 0 Å². The Morgan fingerprint density at radius 2 is 1.92 bits per heavy atom. The zero-order chi connectivity index (χ0) is 16.8. The highest BCUT2D eigenvalue weighted by molar-refractivity contribution is 5.78. The number of nitrogens with zero attached hydrogens (tertiary/aromatic N) is 2. The van der Waals surface area contributed by atoms with Gasteiger partial charge in [0.25, 0.3) is 0 Å². The summed E-state index contributed by atoms with van der Waals surface area (Å²) in [5.74, 6) is -0.104. The smallest absolute Gasteiger partial charge is 0.223 e. The predicted molar refractivity (Wildman–Crippen MR) is 90.5 cm³/mol. The average Bonchev–Trinajstić information content (AvgIpc) is 2.62. The fourth-order valence-electron chi connectivity index (χ4n) is 3.01. The molecule has 4 nitrogen and oxygen atoms in total. The molecule has 1 aromatic heterocycles. The minimum absolute atomic E-state index is 0.0606. The number of nitrogens with one attached hydrogen (secondary N) is 1. The van der Waals surface area contributed by atoms with Gasteiger partial charge in [-0.05, 0) is 55.8 Å². The summed E-state index contributed by atoms with van der Waals surface area (Å²) in [5.41, 5.74) is 1.98. The SMILES string of the molecule is O=C(NCc1ccc(F)cc1)C1CCN(Cc2ccccn2)CC1. The molecule has 0 atom stereocenters. The van der Waals surface area contributed by atoms with Crippen LogP contribution in [0.2, 0.25) is 0 Å². The fourth-order valence-corrected chi connectivity index (χ4v) is 3.01. The quantitative estimate of drug-likeness (QED) is 0.918. The summed E-state index contributed by atoms with van der Waals surface area (Å²) >= 11 is 0. The van der Waals surface area contributed by atoms with Crippen LogP contribution in [-0.4, -0.2) is 28.9 Å². The highest BCUT2D eigenvalue weighted by Gasteiger charge is 2.24. The third-order valence-electron chi connectivity index (χ3n) is 4.45. The van der Waals surface area contributed by atoms with Crippen LogP contribution in [0.1, 0.15) is 24.1 Å². The second kappa shape index (κ2) is 8.02. The van der Waals surface area contributed by atoms with E-state index in [0.29, 0.717) is 6.54 Å². The van der Waals surface area contributed by atoms with Crippen LogP contribution in [-0.2, 0) is 17.9 Å². The Morgan fingerprint density at radius 3 is 2.58 bits per heavy atom. The summed E-state index contributed by atoms with van der Waals surface area (Å²) in [7, 11) is 0. The fraction of sp³-hybridized carbons (Fsp3) is 0.368. The summed E-state index contributed by atoms with van der Waals surface area (Å²) in [6.45, 7) is 3.11. The summed E-state index contributed by atoms with van der Waals surface area (Å²) < 4.78 is 12.9. The summed E-state index contributed by atoms with van der Waals surface area (Å²) in [6, 6.07) is 12.2. The van der Waals surface area contributed by atoms with Crippen molar-refractivity contribution < 1.29 is 9.18 Å². The lowest BCUT2D eigenvalue weighted by Gasteiger charge is -2.31. The molecule has 0 unspecified atom stereocenters. The molecule has 2 aromatic rings. The van der Waals surface area contributed by atoms with E-state index in [9.17, 15) is 9.18 Å². The number of carbonyl (C=O) groups is 1. The number of hydrogen-bond acceptors (Lipinski definition) is 3. The van der Waals surface area contributed by atoms with Gasteiger partial charge in [0.1, 0.15) is 5.82 Å². The molecule has 24 heavy (non-hydrogen) atoms. The van der Waals surface area contributed by atoms with Crippen LogP contribution in [0.3, 0.4) is 0 Å². The Balaban J connectivity index is 1.42. The minimum Gasteiger partial charge on any atom is -0.352 e. The molecular weight excluding hydrogens is 305 g/mol. The largest absolute Gasteiger partial charge is 0.352 e. The van der Waals surface area contributed by atoms with Crippen molar-refractivity contribution in [3.05, 3.63) is 65.7 Å². The third kappa shape index (κ3) is 4.61. The molecule has 1 aromatic carbocycles. The average molecular weight is 327 g/mol. The highest BCUT2D eigenvalue weighted by atomic mass is 19.1. The Labute approximate surface area is 141 Å². The van der Waals surface area contributed by atoms with Gasteiger partial charge in [-0.3, -0.25) is 14.7 Å². The predicted octanol–water partition coefficient (Wildman–Crippen LogP) is 2.75. The molecule has 2 heterocycles. The van der Waals surface area contributed by atoms with E-state index in [1.54, 1.807) is 12.1 Å². The zero-order valence-electron chi connectivity index (χ0n) is 13.6. The van der Waals surface area contributed by atoms with E-state index >= 15 is 0 Å². The number of carbonyl (C=O) groups excluding carboxylic acids is 1. The first kappa shape index (κ1) is 16.6. The van der Waals surface area contributed by atoms with Crippen LogP contribution in [0.4, 0.5) is 4.39 Å². The van der Waals surface area contributed by atoms with Gasteiger partial charge in [0.05, 0.1) is 5.69 Å². The van der Waals surface area contributed by atoms with Gasteiger partial charge in [-0.2, -0.15) is 0 Å². The normalized spacial score (nSPS) is 16.0. The van der Waals surface area contributed by atoms with E-state index < -0.39 is 0 Å². The first-order chi connectivity index (χ1) is 11.7. The molecule has 1 amide bonds. The number of halogens is 1. The van der Waals surface area contributed by atoms with Gasteiger partial charge >= 0.3 is 0 Å². The maximum absolute atomic E-state index is 12.9. The van der Waals surface area contributed by atoms with Crippen molar-refractivity contribution in [1.82, 2.24) is 15.2 Å². The van der Waals surface area contributed by atoms with Gasteiger partial charge < -0.3 is 5.32 Å². The molecule has 5 heteroatoms. The molecule has 126 valence electrons. The Morgan fingerprint density at radius 1 is 1.17 bits per heavy atom. The van der Waals surface area contributed by atoms with E-state index in [1.165, 1.54) is 12.1 Å². The summed E-state index contributed by atoms with van der Waals surface area (Å²) in [4.78, 5) is 19.0. The van der Waals surface area contributed by atoms with Gasteiger partial charge in [-0.25, -0.2) is 4.39 Å². The first-order valence-electron chi connectivity index (χ1n) is 8.35. The van der Waals surface area contributed by atoms with Crippen molar-refractivity contribution in [1.29, 1.82) is 0 Å². The molecule has 0 radical (unpaired) electrons. The van der Waals surface area contributed by atoms with Gasteiger partial charge in [0.15, 0.2) is 0 Å². The molecule has 1 aliphatic heterocycles. The van der Waals surface area contributed by atoms with Crippen molar-refractivity contribution in [2.24, 2.45) is 5.92 Å². The number of amides is 1. The lowest BCUT2D eigenvalue weighted by atomic mass is 9.95. The van der Waals surface area contributed by atoms with Crippen LogP contribution in [0.5, 0.6) is 0 Å². The van der Waals surface area contributed by atoms with Crippen molar-refractivity contribution >= 4 is 5.91 Å². The molecule has 1 fully saturated rings. The lowest BCUT2D eigenvalue weighted by Crippen LogP contribution is -2.40. The molecule has 0 saturated carbocycles. The molecule has 0 aliphatic carbocycles. The van der Waals surface area contributed by atoms with Crippen LogP contribution < -0.4 is 5.32 Å². The Bertz CT molecular complexity index is 652. The van der Waals surface area contributed by atoms with Crippen molar-refractivity contribution in [2.75, 3.05) is 13.1 Å². The van der Waals surface area contributed by atoms with E-state index in [-0.39, 0.29) is 17.6 Å². The maximum atomic E-state index is 12.9. The zero-order valence-corrected chi connectivity index (χ0v) is 13.6. The maximum Gasteiger partial charge on any atom is 0.223 e. The second-order valence-corrected chi connectivity index (χ2v) is 6.22. The molecule has 0 bridgehead atoms. The summed E-state index contributed by atoms with van der Waals surface area (Å²) in [6.07, 6.45) is 3.54. The minimum atomic E-state index is -0.259. The standard InChI is InChI=1S/C19H22FN3O/c20-17-6-4-15(5-7-17)13-22-19(24)16-8-11-23(12-9-16)14-18-3-1-2-10-21-18/h1-7,10,16H,8-9,11-14H2,(H,22,24). The van der Waals surface area contributed by atoms with E-state index in [1.807, 2.05) is 24.4 Å². The molecular formula is C19H22FN3O. The molecule has 1 aliphatic rings. The van der Waals surface area contributed by atoms with Gasteiger partial charge in [-0.1, -0.05) is 18.2 Å². The molecule has 3 rings (SSSR count).